The van der Waals surface area contributed by atoms with Crippen molar-refractivity contribution in [2.24, 2.45) is 0 Å². The molecule has 5 nitrogen and oxygen atoms in total. The molecule has 1 fully saturated rings. The van der Waals surface area contributed by atoms with E-state index in [1.165, 1.54) is 4.31 Å². The van der Waals surface area contributed by atoms with Gasteiger partial charge in [-0.05, 0) is 6.42 Å². The Morgan fingerprint density at radius 3 is 2.60 bits per heavy atom. The van der Waals surface area contributed by atoms with Gasteiger partial charge in [0.1, 0.15) is 0 Å². The quantitative estimate of drug-likeness (QED) is 0.667. The van der Waals surface area contributed by atoms with E-state index in [0.29, 0.717) is 25.6 Å². The second-order valence-electron chi connectivity index (χ2n) is 4.24. The second kappa shape index (κ2) is 5.25. The molecule has 1 aliphatic heterocycles. The largest absolute Gasteiger partial charge is 0.390 e. The summed E-state index contributed by atoms with van der Waals surface area (Å²) in [6, 6.07) is 0.301. The van der Waals surface area contributed by atoms with Gasteiger partial charge in [-0.1, -0.05) is 13.8 Å². The molecule has 0 bridgehead atoms. The molecule has 1 unspecified atom stereocenters. The highest BCUT2D eigenvalue weighted by Crippen LogP contribution is 2.13. The third kappa shape index (κ3) is 4.06. The predicted molar refractivity (Wildman–Crippen MR) is 59.1 cm³/mol. The zero-order valence-corrected chi connectivity index (χ0v) is 10.1. The number of sulfonamides is 1. The molecule has 15 heavy (non-hydrogen) atoms. The van der Waals surface area contributed by atoms with Crippen molar-refractivity contribution in [1.29, 1.82) is 0 Å². The maximum atomic E-state index is 11.4. The van der Waals surface area contributed by atoms with Crippen molar-refractivity contribution in [3.63, 3.8) is 0 Å². The van der Waals surface area contributed by atoms with Crippen LogP contribution < -0.4 is 5.32 Å². The molecule has 2 N–H and O–H groups in total. The minimum atomic E-state index is -3.08. The van der Waals surface area contributed by atoms with E-state index < -0.39 is 16.1 Å². The van der Waals surface area contributed by atoms with Crippen LogP contribution in [0.5, 0.6) is 0 Å². The minimum Gasteiger partial charge on any atom is -0.390 e. The van der Waals surface area contributed by atoms with Crippen LogP contribution in [0.1, 0.15) is 20.3 Å². The summed E-state index contributed by atoms with van der Waals surface area (Å²) in [5, 5.41) is 12.7. The monoisotopic (exact) mass is 236 g/mol. The summed E-state index contributed by atoms with van der Waals surface area (Å²) < 4.78 is 24.2. The first-order valence-corrected chi connectivity index (χ1v) is 6.92. The number of aliphatic hydroxyl groups excluding tert-OH is 1. The van der Waals surface area contributed by atoms with Crippen molar-refractivity contribution in [2.45, 2.75) is 32.4 Å². The van der Waals surface area contributed by atoms with E-state index in [9.17, 15) is 13.5 Å². The van der Waals surface area contributed by atoms with Crippen LogP contribution in [0.15, 0.2) is 0 Å². The van der Waals surface area contributed by atoms with Gasteiger partial charge in [-0.25, -0.2) is 8.42 Å². The summed E-state index contributed by atoms with van der Waals surface area (Å²) in [5.41, 5.74) is 0. The van der Waals surface area contributed by atoms with Crippen LogP contribution in [-0.2, 0) is 10.0 Å². The minimum absolute atomic E-state index is 0.210. The van der Waals surface area contributed by atoms with Crippen LogP contribution in [0.25, 0.3) is 0 Å². The Hall–Kier alpha value is -0.170. The molecule has 0 aromatic carbocycles. The topological polar surface area (TPSA) is 69.6 Å². The van der Waals surface area contributed by atoms with E-state index in [4.69, 9.17) is 0 Å². The lowest BCUT2D eigenvalue weighted by Gasteiger charge is -2.19. The highest BCUT2D eigenvalue weighted by Gasteiger charge is 2.29. The molecule has 6 heteroatoms. The van der Waals surface area contributed by atoms with Crippen LogP contribution in [0.2, 0.25) is 0 Å². The molecule has 0 aromatic rings. The van der Waals surface area contributed by atoms with Crippen LogP contribution in [0, 0.1) is 0 Å². The van der Waals surface area contributed by atoms with Crippen molar-refractivity contribution in [1.82, 2.24) is 9.62 Å². The fourth-order valence-electron chi connectivity index (χ4n) is 1.57. The van der Waals surface area contributed by atoms with Crippen molar-refractivity contribution in [2.75, 3.05) is 25.4 Å². The number of nitrogens with one attached hydrogen (secondary N) is 1. The van der Waals surface area contributed by atoms with Gasteiger partial charge < -0.3 is 10.4 Å². The third-order valence-corrected chi connectivity index (χ3v) is 4.30. The normalized spacial score (nSPS) is 23.5. The lowest BCUT2D eigenvalue weighted by atomic mass is 10.3. The van der Waals surface area contributed by atoms with Crippen LogP contribution >= 0.6 is 0 Å². The maximum absolute atomic E-state index is 11.4. The van der Waals surface area contributed by atoms with E-state index >= 15 is 0 Å². The van der Waals surface area contributed by atoms with Crippen molar-refractivity contribution in [3.8, 4) is 0 Å². The van der Waals surface area contributed by atoms with Crippen molar-refractivity contribution in [3.05, 3.63) is 0 Å². The number of nitrogens with zero attached hydrogens (tertiary/aromatic N) is 1. The first-order valence-electron chi connectivity index (χ1n) is 5.31. The number of hydrogen-bond acceptors (Lipinski definition) is 4. The van der Waals surface area contributed by atoms with Gasteiger partial charge in [-0.3, -0.25) is 0 Å². The van der Waals surface area contributed by atoms with Crippen molar-refractivity contribution >= 4 is 10.0 Å². The molecule has 0 saturated carbocycles. The number of β-amino-alcohol motifs (C(OH)–C–C–N with tert-alkyl or cyclic N) is 1. The van der Waals surface area contributed by atoms with Gasteiger partial charge in [0.25, 0.3) is 0 Å². The first-order chi connectivity index (χ1) is 6.92. The Labute approximate surface area is 91.5 Å². The molecule has 1 atom stereocenters. The Kier molecular flexibility index (Phi) is 4.51. The van der Waals surface area contributed by atoms with Gasteiger partial charge in [-0.15, -0.1) is 0 Å². The van der Waals surface area contributed by atoms with Gasteiger partial charge in [0.15, 0.2) is 0 Å². The highest BCUT2D eigenvalue weighted by atomic mass is 32.2. The molecule has 1 heterocycles. The number of rotatable bonds is 5. The summed E-state index contributed by atoms with van der Waals surface area (Å²) in [5.74, 6) is 0.220. The van der Waals surface area contributed by atoms with Crippen molar-refractivity contribution < 1.29 is 13.5 Å². The van der Waals surface area contributed by atoms with Crippen LogP contribution in [0.4, 0.5) is 0 Å². The SMILES string of the molecule is CC(C)NCC(O)CN1CCCS1(=O)=O. The average molecular weight is 236 g/mol. The molecular formula is C9H20N2O3S. The zero-order valence-electron chi connectivity index (χ0n) is 9.31. The molecule has 0 radical (unpaired) electrons. The number of aliphatic hydroxyl groups is 1. The molecular weight excluding hydrogens is 216 g/mol. The summed E-state index contributed by atoms with van der Waals surface area (Å²) in [7, 11) is -3.08. The molecule has 1 rings (SSSR count). The van der Waals surface area contributed by atoms with Gasteiger partial charge in [-0.2, -0.15) is 4.31 Å². The third-order valence-electron chi connectivity index (χ3n) is 2.38. The Balaban J connectivity index is 2.35. The Bertz CT molecular complexity index is 290. The fourth-order valence-corrected chi connectivity index (χ4v) is 3.13. The molecule has 0 amide bonds. The summed E-state index contributed by atoms with van der Waals surface area (Å²) >= 11 is 0. The molecule has 0 spiro atoms. The molecule has 1 saturated heterocycles. The Morgan fingerprint density at radius 2 is 2.13 bits per heavy atom. The van der Waals surface area contributed by atoms with Gasteiger partial charge in [0.2, 0.25) is 10.0 Å². The van der Waals surface area contributed by atoms with E-state index in [0.717, 1.165) is 0 Å². The van der Waals surface area contributed by atoms with Gasteiger partial charge in [0.05, 0.1) is 11.9 Å². The lowest BCUT2D eigenvalue weighted by Crippen LogP contribution is -2.40. The maximum Gasteiger partial charge on any atom is 0.214 e. The molecule has 90 valence electrons. The first kappa shape index (κ1) is 12.9. The second-order valence-corrected chi connectivity index (χ2v) is 6.33. The molecule has 0 aromatic heterocycles. The van der Waals surface area contributed by atoms with Gasteiger partial charge >= 0.3 is 0 Å². The molecule has 0 aliphatic carbocycles. The van der Waals surface area contributed by atoms with Crippen LogP contribution in [0.3, 0.4) is 0 Å². The average Bonchev–Trinajstić information content (AvgIpc) is 2.43. The summed E-state index contributed by atoms with van der Waals surface area (Å²) in [6.45, 7) is 5.16. The predicted octanol–water partition coefficient (Wildman–Crippen LogP) is -0.619. The highest BCUT2D eigenvalue weighted by molar-refractivity contribution is 7.89. The summed E-state index contributed by atoms with van der Waals surface area (Å²) in [4.78, 5) is 0. The zero-order chi connectivity index (χ0) is 11.5. The standard InChI is InChI=1S/C9H20N2O3S/c1-8(2)10-6-9(12)7-11-4-3-5-15(11,13)14/h8-10,12H,3-7H2,1-2H3. The van der Waals surface area contributed by atoms with Crippen LogP contribution in [-0.4, -0.2) is 55.4 Å². The summed E-state index contributed by atoms with van der Waals surface area (Å²) in [6.07, 6.45) is 0.0485. The lowest BCUT2D eigenvalue weighted by molar-refractivity contribution is 0.144. The smallest absolute Gasteiger partial charge is 0.214 e. The number of hydrogen-bond donors (Lipinski definition) is 2. The van der Waals surface area contributed by atoms with E-state index in [1.54, 1.807) is 0 Å². The van der Waals surface area contributed by atoms with E-state index in [2.05, 4.69) is 5.32 Å². The van der Waals surface area contributed by atoms with E-state index in [1.807, 2.05) is 13.8 Å². The molecule has 1 aliphatic rings. The van der Waals surface area contributed by atoms with E-state index in [-0.39, 0.29) is 12.3 Å². The van der Waals surface area contributed by atoms with Gasteiger partial charge in [0, 0.05) is 25.7 Å². The fraction of sp³-hybridized carbons (Fsp3) is 1.00. The Morgan fingerprint density at radius 1 is 1.47 bits per heavy atom.